The van der Waals surface area contributed by atoms with Crippen molar-refractivity contribution in [1.82, 2.24) is 0 Å². The Morgan fingerprint density at radius 3 is 2.33 bits per heavy atom. The number of hydrogen-bond acceptors (Lipinski definition) is 2. The number of benzene rings is 1. The van der Waals surface area contributed by atoms with E-state index in [4.69, 9.17) is 5.73 Å². The van der Waals surface area contributed by atoms with Crippen LogP contribution in [0.1, 0.15) is 29.9 Å². The van der Waals surface area contributed by atoms with Crippen LogP contribution in [0.4, 0.5) is 0 Å². The van der Waals surface area contributed by atoms with Crippen molar-refractivity contribution in [2.24, 2.45) is 5.73 Å². The third-order valence-corrected chi connectivity index (χ3v) is 4.81. The van der Waals surface area contributed by atoms with E-state index in [1.54, 1.807) is 0 Å². The van der Waals surface area contributed by atoms with Crippen LogP contribution in [0.15, 0.2) is 24.3 Å². The number of hydrogen-bond donors (Lipinski definition) is 1. The van der Waals surface area contributed by atoms with Crippen LogP contribution in [0.2, 0.25) is 0 Å². The third kappa shape index (κ3) is 2.06. The zero-order chi connectivity index (χ0) is 10.3. The SMILES string of the molecule is NC1(Cc2ccc(C3CSC3)cc2)CC1. The van der Waals surface area contributed by atoms with E-state index in [1.807, 2.05) is 11.8 Å². The van der Waals surface area contributed by atoms with Crippen molar-refractivity contribution < 1.29 is 0 Å². The van der Waals surface area contributed by atoms with Gasteiger partial charge in [0.2, 0.25) is 0 Å². The minimum atomic E-state index is 0.147. The van der Waals surface area contributed by atoms with Gasteiger partial charge >= 0.3 is 0 Å². The predicted molar refractivity (Wildman–Crippen MR) is 66.4 cm³/mol. The van der Waals surface area contributed by atoms with E-state index in [-0.39, 0.29) is 5.54 Å². The molecule has 0 amide bonds. The first kappa shape index (κ1) is 9.73. The molecule has 0 radical (unpaired) electrons. The molecule has 80 valence electrons. The molecular weight excluding hydrogens is 202 g/mol. The van der Waals surface area contributed by atoms with Crippen molar-refractivity contribution in [3.05, 3.63) is 35.4 Å². The summed E-state index contributed by atoms with van der Waals surface area (Å²) in [6.07, 6.45) is 3.47. The molecule has 1 heterocycles. The lowest BCUT2D eigenvalue weighted by molar-refractivity contribution is 0.671. The Morgan fingerprint density at radius 1 is 1.20 bits per heavy atom. The molecule has 0 unspecified atom stereocenters. The van der Waals surface area contributed by atoms with Gasteiger partial charge in [0, 0.05) is 23.0 Å². The third-order valence-electron chi connectivity index (χ3n) is 3.54. The molecule has 0 atom stereocenters. The standard InChI is InChI=1S/C13H17NS/c14-13(5-6-13)7-10-1-3-11(4-2-10)12-8-15-9-12/h1-4,12H,5-9,14H2. The Morgan fingerprint density at radius 2 is 1.87 bits per heavy atom. The van der Waals surface area contributed by atoms with E-state index in [2.05, 4.69) is 24.3 Å². The van der Waals surface area contributed by atoms with Gasteiger partial charge in [-0.05, 0) is 30.4 Å². The fourth-order valence-electron chi connectivity index (χ4n) is 2.08. The lowest BCUT2D eigenvalue weighted by Crippen LogP contribution is -2.24. The van der Waals surface area contributed by atoms with E-state index in [9.17, 15) is 0 Å². The second-order valence-electron chi connectivity index (χ2n) is 5.02. The lowest BCUT2D eigenvalue weighted by atomic mass is 9.98. The number of thioether (sulfide) groups is 1. The maximum absolute atomic E-state index is 6.11. The highest BCUT2D eigenvalue weighted by atomic mass is 32.2. The van der Waals surface area contributed by atoms with E-state index in [0.29, 0.717) is 0 Å². The van der Waals surface area contributed by atoms with Crippen LogP contribution in [0.3, 0.4) is 0 Å². The second-order valence-corrected chi connectivity index (χ2v) is 6.09. The highest BCUT2D eigenvalue weighted by Gasteiger charge is 2.37. The summed E-state index contributed by atoms with van der Waals surface area (Å²) in [5, 5.41) is 0. The monoisotopic (exact) mass is 219 g/mol. The van der Waals surface area contributed by atoms with Crippen LogP contribution >= 0.6 is 11.8 Å². The molecule has 0 spiro atoms. The van der Waals surface area contributed by atoms with Gasteiger partial charge in [-0.25, -0.2) is 0 Å². The van der Waals surface area contributed by atoms with Gasteiger partial charge in [0.25, 0.3) is 0 Å². The first-order valence-electron chi connectivity index (χ1n) is 5.71. The summed E-state index contributed by atoms with van der Waals surface area (Å²) in [6.45, 7) is 0. The summed E-state index contributed by atoms with van der Waals surface area (Å²) in [5.74, 6) is 3.43. The van der Waals surface area contributed by atoms with E-state index in [1.165, 1.54) is 35.5 Å². The van der Waals surface area contributed by atoms with Crippen LogP contribution in [0.5, 0.6) is 0 Å². The van der Waals surface area contributed by atoms with Crippen molar-refractivity contribution in [3.8, 4) is 0 Å². The molecule has 1 aromatic rings. The van der Waals surface area contributed by atoms with Crippen molar-refractivity contribution in [2.75, 3.05) is 11.5 Å². The van der Waals surface area contributed by atoms with Crippen LogP contribution in [-0.4, -0.2) is 17.0 Å². The number of nitrogens with two attached hydrogens (primary N) is 1. The molecule has 1 aromatic carbocycles. The van der Waals surface area contributed by atoms with E-state index >= 15 is 0 Å². The molecule has 0 bridgehead atoms. The van der Waals surface area contributed by atoms with Crippen molar-refractivity contribution in [1.29, 1.82) is 0 Å². The van der Waals surface area contributed by atoms with Gasteiger partial charge in [0.15, 0.2) is 0 Å². The van der Waals surface area contributed by atoms with Crippen LogP contribution < -0.4 is 5.73 Å². The normalized spacial score (nSPS) is 23.5. The molecule has 1 saturated heterocycles. The van der Waals surface area contributed by atoms with Gasteiger partial charge in [-0.3, -0.25) is 0 Å². The van der Waals surface area contributed by atoms with Crippen LogP contribution in [-0.2, 0) is 6.42 Å². The second kappa shape index (κ2) is 3.53. The minimum Gasteiger partial charge on any atom is -0.325 e. The molecule has 2 fully saturated rings. The van der Waals surface area contributed by atoms with Crippen molar-refractivity contribution >= 4 is 11.8 Å². The Bertz CT molecular complexity index is 349. The summed E-state index contributed by atoms with van der Waals surface area (Å²) in [4.78, 5) is 0. The summed E-state index contributed by atoms with van der Waals surface area (Å²) in [7, 11) is 0. The van der Waals surface area contributed by atoms with E-state index < -0.39 is 0 Å². The van der Waals surface area contributed by atoms with Crippen LogP contribution in [0, 0.1) is 0 Å². The summed E-state index contributed by atoms with van der Waals surface area (Å²) < 4.78 is 0. The molecule has 2 aliphatic rings. The first-order valence-corrected chi connectivity index (χ1v) is 6.86. The Hall–Kier alpha value is -0.470. The molecule has 3 rings (SSSR count). The average Bonchev–Trinajstić information content (AvgIpc) is 2.84. The Kier molecular flexibility index (Phi) is 2.29. The molecular formula is C13H17NS. The number of rotatable bonds is 3. The Labute approximate surface area is 95.4 Å². The fourth-order valence-corrected chi connectivity index (χ4v) is 2.94. The zero-order valence-electron chi connectivity index (χ0n) is 8.91. The molecule has 2 N–H and O–H groups in total. The molecule has 1 aliphatic heterocycles. The van der Waals surface area contributed by atoms with Crippen molar-refractivity contribution in [2.45, 2.75) is 30.7 Å². The fraction of sp³-hybridized carbons (Fsp3) is 0.538. The quantitative estimate of drug-likeness (QED) is 0.845. The Balaban J connectivity index is 1.69. The molecule has 1 saturated carbocycles. The van der Waals surface area contributed by atoms with Gasteiger partial charge in [-0.2, -0.15) is 11.8 Å². The summed E-state index contributed by atoms with van der Waals surface area (Å²) in [5.41, 5.74) is 9.18. The minimum absolute atomic E-state index is 0.147. The average molecular weight is 219 g/mol. The lowest BCUT2D eigenvalue weighted by Gasteiger charge is -2.25. The van der Waals surface area contributed by atoms with Gasteiger partial charge in [0.05, 0.1) is 0 Å². The zero-order valence-corrected chi connectivity index (χ0v) is 9.72. The van der Waals surface area contributed by atoms with Gasteiger partial charge in [-0.1, -0.05) is 24.3 Å². The maximum Gasteiger partial charge on any atom is 0.0196 e. The first-order chi connectivity index (χ1) is 7.25. The summed E-state index contributed by atoms with van der Waals surface area (Å²) in [6, 6.07) is 9.13. The van der Waals surface area contributed by atoms with Gasteiger partial charge in [-0.15, -0.1) is 0 Å². The van der Waals surface area contributed by atoms with E-state index in [0.717, 1.165) is 12.3 Å². The molecule has 2 heteroatoms. The smallest absolute Gasteiger partial charge is 0.0196 e. The topological polar surface area (TPSA) is 26.0 Å². The van der Waals surface area contributed by atoms with Crippen molar-refractivity contribution in [3.63, 3.8) is 0 Å². The molecule has 1 nitrogen and oxygen atoms in total. The molecule has 15 heavy (non-hydrogen) atoms. The highest BCUT2D eigenvalue weighted by molar-refractivity contribution is 8.00. The van der Waals surface area contributed by atoms with Gasteiger partial charge in [0.1, 0.15) is 0 Å². The maximum atomic E-state index is 6.11. The highest BCUT2D eigenvalue weighted by Crippen LogP contribution is 2.37. The predicted octanol–water partition coefficient (Wildman–Crippen LogP) is 2.55. The summed E-state index contributed by atoms with van der Waals surface area (Å²) >= 11 is 2.04. The molecule has 1 aliphatic carbocycles. The van der Waals surface area contributed by atoms with Crippen LogP contribution in [0.25, 0.3) is 0 Å². The molecule has 0 aromatic heterocycles. The largest absolute Gasteiger partial charge is 0.325 e. The van der Waals surface area contributed by atoms with Gasteiger partial charge < -0.3 is 5.73 Å².